The van der Waals surface area contributed by atoms with Gasteiger partial charge in [-0.3, -0.25) is 9.59 Å². The van der Waals surface area contributed by atoms with Crippen LogP contribution in [0.3, 0.4) is 0 Å². The zero-order valence-electron chi connectivity index (χ0n) is 18.1. The van der Waals surface area contributed by atoms with E-state index in [0.29, 0.717) is 35.0 Å². The number of fused-ring (bicyclic) bond motifs is 1. The summed E-state index contributed by atoms with van der Waals surface area (Å²) < 4.78 is 12.9. The highest BCUT2D eigenvalue weighted by Crippen LogP contribution is 2.28. The number of hydrogen-bond donors (Lipinski definition) is 0. The summed E-state index contributed by atoms with van der Waals surface area (Å²) in [5, 5.41) is 4.30. The predicted octanol–water partition coefficient (Wildman–Crippen LogP) is 2.69. The van der Waals surface area contributed by atoms with Gasteiger partial charge in [0, 0.05) is 6.42 Å². The Hall–Kier alpha value is -3.52. The molecule has 2 heterocycles. The molecule has 0 fully saturated rings. The second-order valence-corrected chi connectivity index (χ2v) is 8.76. The third-order valence-corrected chi connectivity index (χ3v) is 5.68. The lowest BCUT2D eigenvalue weighted by Crippen LogP contribution is -2.28. The molecule has 0 aliphatic heterocycles. The van der Waals surface area contributed by atoms with E-state index >= 15 is 0 Å². The zero-order valence-corrected chi connectivity index (χ0v) is 18.9. The average Bonchev–Trinajstić information content (AvgIpc) is 3.07. The molecule has 0 bridgehead atoms. The summed E-state index contributed by atoms with van der Waals surface area (Å²) in [5.41, 5.74) is 1.21. The van der Waals surface area contributed by atoms with Crippen LogP contribution in [-0.4, -0.2) is 28.3 Å². The summed E-state index contributed by atoms with van der Waals surface area (Å²) in [7, 11) is 1.58. The first-order valence-electron chi connectivity index (χ1n) is 10.2. The van der Waals surface area contributed by atoms with Crippen molar-refractivity contribution >= 4 is 22.4 Å². The molecule has 0 atom stereocenters. The van der Waals surface area contributed by atoms with Gasteiger partial charge in [0.1, 0.15) is 5.69 Å². The van der Waals surface area contributed by atoms with Gasteiger partial charge < -0.3 is 9.47 Å². The quantitative estimate of drug-likeness (QED) is 0.431. The van der Waals surface area contributed by atoms with Crippen LogP contribution in [0.5, 0.6) is 11.5 Å². The minimum Gasteiger partial charge on any atom is -0.493 e. The van der Waals surface area contributed by atoms with Crippen LogP contribution in [0.1, 0.15) is 30.7 Å². The molecule has 4 rings (SSSR count). The summed E-state index contributed by atoms with van der Waals surface area (Å²) in [5.74, 6) is 1.63. The Morgan fingerprint density at radius 3 is 2.59 bits per heavy atom. The Morgan fingerprint density at radius 1 is 1.09 bits per heavy atom. The maximum Gasteiger partial charge on any atom is 0.296 e. The van der Waals surface area contributed by atoms with Gasteiger partial charge in [-0.15, -0.1) is 0 Å². The van der Waals surface area contributed by atoms with Gasteiger partial charge in [0.25, 0.3) is 11.1 Å². The van der Waals surface area contributed by atoms with E-state index in [1.165, 1.54) is 4.52 Å². The maximum atomic E-state index is 12.9. The van der Waals surface area contributed by atoms with Crippen LogP contribution in [-0.2, 0) is 6.42 Å². The van der Waals surface area contributed by atoms with Gasteiger partial charge in [-0.1, -0.05) is 61.6 Å². The van der Waals surface area contributed by atoms with Gasteiger partial charge in [-0.25, -0.2) is 0 Å². The third kappa shape index (κ3) is 4.70. The van der Waals surface area contributed by atoms with Gasteiger partial charge in [0.15, 0.2) is 11.5 Å². The summed E-state index contributed by atoms with van der Waals surface area (Å²) in [6.07, 6.45) is 2.05. The first-order chi connectivity index (χ1) is 15.4. The smallest absolute Gasteiger partial charge is 0.296 e. The van der Waals surface area contributed by atoms with E-state index in [4.69, 9.17) is 9.47 Å². The maximum absolute atomic E-state index is 12.9. The number of methoxy groups -OCH3 is 1. The summed E-state index contributed by atoms with van der Waals surface area (Å²) in [6.45, 7) is 4.73. The molecular formula is C24H23N3O4S. The molecule has 0 spiro atoms. The third-order valence-electron chi connectivity index (χ3n) is 4.72. The molecule has 164 valence electrons. The van der Waals surface area contributed by atoms with Crippen LogP contribution >= 0.6 is 11.3 Å². The summed E-state index contributed by atoms with van der Waals surface area (Å²) in [6, 6.07) is 15.0. The molecule has 7 nitrogen and oxygen atoms in total. The molecule has 0 saturated heterocycles. The molecule has 4 aromatic rings. The Morgan fingerprint density at radius 2 is 1.88 bits per heavy atom. The van der Waals surface area contributed by atoms with Crippen LogP contribution in [0.15, 0.2) is 58.1 Å². The highest BCUT2D eigenvalue weighted by atomic mass is 32.1. The predicted molar refractivity (Wildman–Crippen MR) is 125 cm³/mol. The first-order valence-corrected chi connectivity index (χ1v) is 11.1. The molecule has 0 saturated carbocycles. The molecule has 0 N–H and O–H groups in total. The number of hydrogen-bond acceptors (Lipinski definition) is 7. The van der Waals surface area contributed by atoms with E-state index in [-0.39, 0.29) is 16.2 Å². The highest BCUT2D eigenvalue weighted by molar-refractivity contribution is 7.15. The Labute approximate surface area is 188 Å². The van der Waals surface area contributed by atoms with Crippen molar-refractivity contribution in [3.8, 4) is 11.5 Å². The van der Waals surface area contributed by atoms with Crippen molar-refractivity contribution in [3.05, 3.63) is 90.6 Å². The van der Waals surface area contributed by atoms with E-state index < -0.39 is 5.56 Å². The topological polar surface area (TPSA) is 82.8 Å². The number of rotatable bonds is 7. The normalized spacial score (nSPS) is 11.9. The molecule has 0 unspecified atom stereocenters. The molecule has 0 radical (unpaired) electrons. The standard InChI is InChI=1S/C24H23N3O4S/c1-15(2)14-31-19-10-9-17(12-20(19)30-3)13-21-23(29)27-24(32-21)25-22(28)18(26-27)11-16-7-5-4-6-8-16/h4-10,12-13,15H,11,14H2,1-3H3/b21-13-. The number of aromatic nitrogens is 3. The summed E-state index contributed by atoms with van der Waals surface area (Å²) in [4.78, 5) is 29.7. The average molecular weight is 450 g/mol. The molecular weight excluding hydrogens is 426 g/mol. The van der Waals surface area contributed by atoms with Crippen molar-refractivity contribution in [3.63, 3.8) is 0 Å². The summed E-state index contributed by atoms with van der Waals surface area (Å²) >= 11 is 1.13. The number of thiazole rings is 1. The molecule has 8 heteroatoms. The second kappa shape index (κ2) is 9.32. The Balaban J connectivity index is 1.71. The molecule has 0 aliphatic rings. The molecule has 0 amide bonds. The first kappa shape index (κ1) is 21.7. The molecule has 32 heavy (non-hydrogen) atoms. The number of ether oxygens (including phenoxy) is 2. The van der Waals surface area contributed by atoms with Crippen molar-refractivity contribution in [1.29, 1.82) is 0 Å². The van der Waals surface area contributed by atoms with Crippen LogP contribution in [0, 0.1) is 5.92 Å². The lowest BCUT2D eigenvalue weighted by atomic mass is 10.1. The van der Waals surface area contributed by atoms with Crippen LogP contribution in [0.2, 0.25) is 0 Å². The SMILES string of the molecule is COc1cc(/C=c2\sc3nc(=O)c(Cc4ccccc4)nn3c2=O)ccc1OCC(C)C. The molecule has 0 aliphatic carbocycles. The van der Waals surface area contributed by atoms with E-state index in [0.717, 1.165) is 22.5 Å². The molecule has 2 aromatic heterocycles. The van der Waals surface area contributed by atoms with Gasteiger partial charge >= 0.3 is 0 Å². The van der Waals surface area contributed by atoms with Crippen LogP contribution in [0.25, 0.3) is 11.0 Å². The second-order valence-electron chi connectivity index (χ2n) is 7.75. The Bertz CT molecular complexity index is 1410. The number of nitrogens with zero attached hydrogens (tertiary/aromatic N) is 3. The lowest BCUT2D eigenvalue weighted by Gasteiger charge is -2.12. The van der Waals surface area contributed by atoms with Gasteiger partial charge in [-0.2, -0.15) is 14.6 Å². The lowest BCUT2D eigenvalue weighted by molar-refractivity contribution is 0.257. The zero-order chi connectivity index (χ0) is 22.7. The fourth-order valence-electron chi connectivity index (χ4n) is 3.14. The fraction of sp³-hybridized carbons (Fsp3) is 0.250. The van der Waals surface area contributed by atoms with Crippen molar-refractivity contribution in [2.75, 3.05) is 13.7 Å². The van der Waals surface area contributed by atoms with E-state index in [1.807, 2.05) is 48.5 Å². The van der Waals surface area contributed by atoms with E-state index in [1.54, 1.807) is 13.2 Å². The van der Waals surface area contributed by atoms with Crippen molar-refractivity contribution in [2.24, 2.45) is 5.92 Å². The monoisotopic (exact) mass is 449 g/mol. The fourth-order valence-corrected chi connectivity index (χ4v) is 4.05. The number of benzene rings is 2. The van der Waals surface area contributed by atoms with Crippen molar-refractivity contribution in [2.45, 2.75) is 20.3 Å². The van der Waals surface area contributed by atoms with Gasteiger partial charge in [-0.05, 0) is 35.3 Å². The largest absolute Gasteiger partial charge is 0.493 e. The van der Waals surface area contributed by atoms with Crippen molar-refractivity contribution < 1.29 is 9.47 Å². The van der Waals surface area contributed by atoms with Gasteiger partial charge in [0.05, 0.1) is 18.2 Å². The van der Waals surface area contributed by atoms with E-state index in [2.05, 4.69) is 23.9 Å². The van der Waals surface area contributed by atoms with Crippen LogP contribution < -0.4 is 25.1 Å². The minimum atomic E-state index is -0.421. The minimum absolute atomic E-state index is 0.239. The molecule has 2 aromatic carbocycles. The Kier molecular flexibility index (Phi) is 6.32. The van der Waals surface area contributed by atoms with Crippen molar-refractivity contribution in [1.82, 2.24) is 14.6 Å². The van der Waals surface area contributed by atoms with Gasteiger partial charge in [0.2, 0.25) is 4.96 Å². The van der Waals surface area contributed by atoms with Crippen LogP contribution in [0.4, 0.5) is 0 Å². The highest BCUT2D eigenvalue weighted by Gasteiger charge is 2.12. The van der Waals surface area contributed by atoms with E-state index in [9.17, 15) is 9.59 Å².